The highest BCUT2D eigenvalue weighted by Crippen LogP contribution is 2.28. The quantitative estimate of drug-likeness (QED) is 0.778. The van der Waals surface area contributed by atoms with Crippen LogP contribution in [0, 0.1) is 0 Å². The summed E-state index contributed by atoms with van der Waals surface area (Å²) in [6.45, 7) is 5.94. The number of fused-ring (bicyclic) bond motifs is 1. The van der Waals surface area contributed by atoms with Gasteiger partial charge in [0.1, 0.15) is 0 Å². The van der Waals surface area contributed by atoms with Crippen LogP contribution in [0.1, 0.15) is 18.5 Å². The second-order valence-electron chi connectivity index (χ2n) is 6.30. The lowest BCUT2D eigenvalue weighted by molar-refractivity contribution is 0.590. The Labute approximate surface area is 140 Å². The van der Waals surface area contributed by atoms with Crippen molar-refractivity contribution in [2.45, 2.75) is 13.0 Å². The van der Waals surface area contributed by atoms with Gasteiger partial charge < -0.3 is 15.2 Å². The second-order valence-corrected chi connectivity index (χ2v) is 6.30. The van der Waals surface area contributed by atoms with Gasteiger partial charge in [-0.3, -0.25) is 4.57 Å². The summed E-state index contributed by atoms with van der Waals surface area (Å²) in [7, 11) is 0. The Morgan fingerprint density at radius 1 is 1.00 bits per heavy atom. The van der Waals surface area contributed by atoms with Gasteiger partial charge in [0.05, 0.1) is 22.8 Å². The van der Waals surface area contributed by atoms with Gasteiger partial charge >= 0.3 is 5.69 Å². The minimum Gasteiger partial charge on any atom is -0.367 e. The summed E-state index contributed by atoms with van der Waals surface area (Å²) in [4.78, 5) is 18.1. The molecule has 124 valence electrons. The van der Waals surface area contributed by atoms with Crippen LogP contribution in [0.3, 0.4) is 0 Å². The number of para-hydroxylation sites is 1. The molecule has 0 radical (unpaired) electrons. The molecule has 1 aliphatic rings. The number of nitrogens with zero attached hydrogens (tertiary/aromatic N) is 2. The van der Waals surface area contributed by atoms with Gasteiger partial charge in [-0.1, -0.05) is 36.4 Å². The molecule has 1 fully saturated rings. The first-order chi connectivity index (χ1) is 11.8. The van der Waals surface area contributed by atoms with E-state index in [0.29, 0.717) is 0 Å². The molecule has 4 rings (SSSR count). The maximum absolute atomic E-state index is 12.7. The van der Waals surface area contributed by atoms with Crippen molar-refractivity contribution in [3.05, 3.63) is 64.6 Å². The molecule has 0 bridgehead atoms. The third-order valence-corrected chi connectivity index (χ3v) is 4.86. The highest BCUT2D eigenvalue weighted by molar-refractivity contribution is 5.89. The predicted molar refractivity (Wildman–Crippen MR) is 97.9 cm³/mol. The molecule has 0 aliphatic carbocycles. The van der Waals surface area contributed by atoms with E-state index in [4.69, 9.17) is 0 Å². The first-order valence-corrected chi connectivity index (χ1v) is 8.49. The largest absolute Gasteiger partial charge is 0.367 e. The molecule has 0 saturated carbocycles. The Hall–Kier alpha value is -2.53. The van der Waals surface area contributed by atoms with Crippen LogP contribution in [0.2, 0.25) is 0 Å². The lowest BCUT2D eigenvalue weighted by atomic mass is 10.1. The Balaban J connectivity index is 1.83. The van der Waals surface area contributed by atoms with Gasteiger partial charge in [0.15, 0.2) is 0 Å². The Morgan fingerprint density at radius 3 is 2.50 bits per heavy atom. The molecule has 0 amide bonds. The molecular weight excluding hydrogens is 300 g/mol. The van der Waals surface area contributed by atoms with Crippen LogP contribution in [0.5, 0.6) is 0 Å². The minimum atomic E-state index is -0.0519. The van der Waals surface area contributed by atoms with Crippen molar-refractivity contribution in [2.75, 3.05) is 31.1 Å². The molecule has 0 spiro atoms. The molecular formula is C19H22N4O. The van der Waals surface area contributed by atoms with Crippen LogP contribution in [-0.2, 0) is 0 Å². The van der Waals surface area contributed by atoms with Crippen LogP contribution in [0.15, 0.2) is 53.3 Å². The van der Waals surface area contributed by atoms with E-state index in [1.807, 2.05) is 34.9 Å². The van der Waals surface area contributed by atoms with Gasteiger partial charge in [-0.05, 0) is 24.6 Å². The van der Waals surface area contributed by atoms with E-state index < -0.39 is 0 Å². The van der Waals surface area contributed by atoms with Gasteiger partial charge in [-0.2, -0.15) is 0 Å². The zero-order valence-corrected chi connectivity index (χ0v) is 13.8. The standard InChI is InChI=1S/C19H22N4O/c1-14(15-6-3-2-4-7-15)23-17-9-5-8-16(18(17)21-19(23)24)22-12-10-20-11-13-22/h2-9,14,20H,10-13H2,1H3,(H,21,24)/t14-/m0/s1. The zero-order chi connectivity index (χ0) is 16.5. The highest BCUT2D eigenvalue weighted by atomic mass is 16.1. The summed E-state index contributed by atoms with van der Waals surface area (Å²) in [5.41, 5.74) is 4.10. The summed E-state index contributed by atoms with van der Waals surface area (Å²) in [6.07, 6.45) is 0. The van der Waals surface area contributed by atoms with E-state index in [1.165, 1.54) is 0 Å². The number of rotatable bonds is 3. The fourth-order valence-corrected chi connectivity index (χ4v) is 3.57. The van der Waals surface area contributed by atoms with E-state index in [2.05, 4.69) is 40.3 Å². The molecule has 24 heavy (non-hydrogen) atoms. The first kappa shape index (κ1) is 15.0. The van der Waals surface area contributed by atoms with Gasteiger partial charge in [0.2, 0.25) is 0 Å². The number of anilines is 1. The topological polar surface area (TPSA) is 53.1 Å². The zero-order valence-electron chi connectivity index (χ0n) is 13.8. The Morgan fingerprint density at radius 2 is 1.75 bits per heavy atom. The van der Waals surface area contributed by atoms with Gasteiger partial charge in [-0.25, -0.2) is 4.79 Å². The Kier molecular flexibility index (Phi) is 3.86. The van der Waals surface area contributed by atoms with Crippen molar-refractivity contribution >= 4 is 16.7 Å². The molecule has 1 saturated heterocycles. The van der Waals surface area contributed by atoms with E-state index in [9.17, 15) is 4.79 Å². The third-order valence-electron chi connectivity index (χ3n) is 4.86. The van der Waals surface area contributed by atoms with Crippen LogP contribution < -0.4 is 15.9 Å². The smallest absolute Gasteiger partial charge is 0.327 e. The third kappa shape index (κ3) is 2.51. The van der Waals surface area contributed by atoms with Crippen molar-refractivity contribution in [1.29, 1.82) is 0 Å². The van der Waals surface area contributed by atoms with E-state index in [1.54, 1.807) is 0 Å². The Bertz CT molecular complexity index is 891. The molecule has 5 heteroatoms. The number of hydrogen-bond donors (Lipinski definition) is 2. The van der Waals surface area contributed by atoms with Gasteiger partial charge in [0.25, 0.3) is 0 Å². The predicted octanol–water partition coefficient (Wildman–Crippen LogP) is 2.35. The fourth-order valence-electron chi connectivity index (χ4n) is 3.57. The van der Waals surface area contributed by atoms with Crippen molar-refractivity contribution in [1.82, 2.24) is 14.9 Å². The number of H-pyrrole nitrogens is 1. The van der Waals surface area contributed by atoms with E-state index in [0.717, 1.165) is 48.5 Å². The van der Waals surface area contributed by atoms with Crippen molar-refractivity contribution in [3.63, 3.8) is 0 Å². The maximum Gasteiger partial charge on any atom is 0.327 e. The second kappa shape index (κ2) is 6.17. The summed E-state index contributed by atoms with van der Waals surface area (Å²) in [5, 5.41) is 3.37. The normalized spacial score (nSPS) is 16.5. The maximum atomic E-state index is 12.7. The lowest BCUT2D eigenvalue weighted by Gasteiger charge is -2.29. The van der Waals surface area contributed by atoms with Crippen molar-refractivity contribution in [3.8, 4) is 0 Å². The molecule has 2 N–H and O–H groups in total. The van der Waals surface area contributed by atoms with Gasteiger partial charge in [-0.15, -0.1) is 0 Å². The molecule has 0 unspecified atom stereocenters. The van der Waals surface area contributed by atoms with Gasteiger partial charge in [0, 0.05) is 26.2 Å². The SMILES string of the molecule is C[C@@H](c1ccccc1)n1c(=O)[nH]c2c(N3CCNCC3)cccc21. The number of benzene rings is 2. The summed E-state index contributed by atoms with van der Waals surface area (Å²) < 4.78 is 1.86. The first-order valence-electron chi connectivity index (χ1n) is 8.49. The van der Waals surface area contributed by atoms with Crippen LogP contribution in [0.25, 0.3) is 11.0 Å². The number of hydrogen-bond acceptors (Lipinski definition) is 3. The number of aromatic nitrogens is 2. The molecule has 2 heterocycles. The van der Waals surface area contributed by atoms with E-state index in [-0.39, 0.29) is 11.7 Å². The number of piperazine rings is 1. The number of aromatic amines is 1. The average Bonchev–Trinajstić information content (AvgIpc) is 2.98. The molecule has 1 atom stereocenters. The van der Waals surface area contributed by atoms with Crippen molar-refractivity contribution in [2.24, 2.45) is 0 Å². The minimum absolute atomic E-state index is 0.00859. The highest BCUT2D eigenvalue weighted by Gasteiger charge is 2.19. The lowest BCUT2D eigenvalue weighted by Crippen LogP contribution is -2.43. The number of nitrogens with one attached hydrogen (secondary N) is 2. The van der Waals surface area contributed by atoms with Crippen LogP contribution >= 0.6 is 0 Å². The summed E-state index contributed by atoms with van der Waals surface area (Å²) >= 11 is 0. The molecule has 1 aliphatic heterocycles. The monoisotopic (exact) mass is 322 g/mol. The average molecular weight is 322 g/mol. The molecule has 2 aromatic carbocycles. The van der Waals surface area contributed by atoms with Crippen LogP contribution in [-0.4, -0.2) is 35.7 Å². The van der Waals surface area contributed by atoms with E-state index >= 15 is 0 Å². The molecule has 1 aromatic heterocycles. The number of imidazole rings is 1. The van der Waals surface area contributed by atoms with Crippen molar-refractivity contribution < 1.29 is 0 Å². The summed E-state index contributed by atoms with van der Waals surface area (Å²) in [6, 6.07) is 16.3. The van der Waals surface area contributed by atoms with Crippen LogP contribution in [0.4, 0.5) is 5.69 Å². The molecule has 5 nitrogen and oxygen atoms in total. The fraction of sp³-hybridized carbons (Fsp3) is 0.316. The summed E-state index contributed by atoms with van der Waals surface area (Å²) in [5.74, 6) is 0. The molecule has 3 aromatic rings.